The van der Waals surface area contributed by atoms with Crippen LogP contribution in [0.4, 0.5) is 8.78 Å². The Bertz CT molecular complexity index is 416. The SMILES string of the molecule is CCc1ccc([C@@H](N2CCNCC2)C(F)(F)CO)cc1. The molecule has 0 aromatic heterocycles. The number of aliphatic hydroxyl groups is 1. The fraction of sp³-hybridized carbons (Fsp3) is 0.600. The molecular weight excluding hydrogens is 262 g/mol. The van der Waals surface area contributed by atoms with E-state index in [2.05, 4.69) is 5.32 Å². The number of benzene rings is 1. The highest BCUT2D eigenvalue weighted by Crippen LogP contribution is 2.36. The molecule has 0 saturated carbocycles. The second-order valence-corrected chi connectivity index (χ2v) is 5.20. The second kappa shape index (κ2) is 6.61. The van der Waals surface area contributed by atoms with E-state index in [0.717, 1.165) is 12.0 Å². The molecule has 1 aliphatic heterocycles. The largest absolute Gasteiger partial charge is 0.390 e. The van der Waals surface area contributed by atoms with Gasteiger partial charge in [0.2, 0.25) is 0 Å². The van der Waals surface area contributed by atoms with Gasteiger partial charge in [0.25, 0.3) is 5.92 Å². The van der Waals surface area contributed by atoms with Crippen LogP contribution in [0.5, 0.6) is 0 Å². The highest BCUT2D eigenvalue weighted by molar-refractivity contribution is 5.27. The molecule has 1 aromatic carbocycles. The number of halogens is 2. The fourth-order valence-corrected chi connectivity index (χ4v) is 2.68. The van der Waals surface area contributed by atoms with Gasteiger partial charge in [-0.2, -0.15) is 0 Å². The lowest BCUT2D eigenvalue weighted by Crippen LogP contribution is -2.51. The number of aliphatic hydroxyl groups excluding tert-OH is 1. The summed E-state index contributed by atoms with van der Waals surface area (Å²) in [6, 6.07) is 6.24. The summed E-state index contributed by atoms with van der Waals surface area (Å²) < 4.78 is 28.3. The summed E-state index contributed by atoms with van der Waals surface area (Å²) in [5.41, 5.74) is 1.70. The van der Waals surface area contributed by atoms with Crippen LogP contribution in [0.2, 0.25) is 0 Å². The molecule has 1 aliphatic rings. The number of piperazine rings is 1. The molecule has 5 heteroatoms. The molecule has 0 spiro atoms. The first kappa shape index (κ1) is 15.4. The molecule has 3 nitrogen and oxygen atoms in total. The minimum Gasteiger partial charge on any atom is -0.390 e. The number of hydrogen-bond acceptors (Lipinski definition) is 3. The van der Waals surface area contributed by atoms with Crippen molar-refractivity contribution in [1.29, 1.82) is 0 Å². The maximum absolute atomic E-state index is 14.2. The van der Waals surface area contributed by atoms with Gasteiger partial charge in [-0.25, -0.2) is 8.78 Å². The smallest absolute Gasteiger partial charge is 0.289 e. The van der Waals surface area contributed by atoms with Gasteiger partial charge in [-0.05, 0) is 17.5 Å². The zero-order valence-corrected chi connectivity index (χ0v) is 11.8. The first-order valence-electron chi connectivity index (χ1n) is 7.10. The van der Waals surface area contributed by atoms with Gasteiger partial charge in [0.15, 0.2) is 0 Å². The number of nitrogens with zero attached hydrogens (tertiary/aromatic N) is 1. The van der Waals surface area contributed by atoms with Gasteiger partial charge in [0.1, 0.15) is 12.6 Å². The van der Waals surface area contributed by atoms with Crippen molar-refractivity contribution in [2.75, 3.05) is 32.8 Å². The van der Waals surface area contributed by atoms with E-state index in [4.69, 9.17) is 5.11 Å². The minimum absolute atomic E-state index is 0.565. The van der Waals surface area contributed by atoms with Crippen LogP contribution in [0.3, 0.4) is 0 Å². The molecular formula is C15H22F2N2O. The molecule has 1 heterocycles. The number of aryl methyl sites for hydroxylation is 1. The van der Waals surface area contributed by atoms with E-state index in [9.17, 15) is 8.78 Å². The number of nitrogens with one attached hydrogen (secondary N) is 1. The molecule has 112 valence electrons. The quantitative estimate of drug-likeness (QED) is 0.866. The lowest BCUT2D eigenvalue weighted by atomic mass is 9.97. The summed E-state index contributed by atoms with van der Waals surface area (Å²) in [6.07, 6.45) is 0.884. The molecule has 20 heavy (non-hydrogen) atoms. The van der Waals surface area contributed by atoms with Crippen LogP contribution in [-0.4, -0.2) is 48.7 Å². The van der Waals surface area contributed by atoms with Crippen molar-refractivity contribution >= 4 is 0 Å². The van der Waals surface area contributed by atoms with Crippen molar-refractivity contribution in [3.8, 4) is 0 Å². The lowest BCUT2D eigenvalue weighted by molar-refractivity contribution is -0.118. The van der Waals surface area contributed by atoms with E-state index in [-0.39, 0.29) is 0 Å². The molecule has 0 unspecified atom stereocenters. The van der Waals surface area contributed by atoms with Crippen LogP contribution in [0.25, 0.3) is 0 Å². The molecule has 0 bridgehead atoms. The number of rotatable bonds is 5. The third-order valence-corrected chi connectivity index (χ3v) is 3.83. The second-order valence-electron chi connectivity index (χ2n) is 5.20. The van der Waals surface area contributed by atoms with E-state index < -0.39 is 18.6 Å². The Morgan fingerprint density at radius 1 is 1.25 bits per heavy atom. The zero-order valence-electron chi connectivity index (χ0n) is 11.8. The van der Waals surface area contributed by atoms with Gasteiger partial charge in [-0.1, -0.05) is 31.2 Å². The average molecular weight is 284 g/mol. The van der Waals surface area contributed by atoms with Gasteiger partial charge in [0.05, 0.1) is 0 Å². The Balaban J connectivity index is 2.29. The fourth-order valence-electron chi connectivity index (χ4n) is 2.68. The molecule has 1 fully saturated rings. The summed E-state index contributed by atoms with van der Waals surface area (Å²) in [4.78, 5) is 1.76. The van der Waals surface area contributed by atoms with Gasteiger partial charge < -0.3 is 10.4 Å². The van der Waals surface area contributed by atoms with Crippen molar-refractivity contribution in [1.82, 2.24) is 10.2 Å². The van der Waals surface area contributed by atoms with Crippen molar-refractivity contribution in [2.24, 2.45) is 0 Å². The topological polar surface area (TPSA) is 35.5 Å². The number of alkyl halides is 2. The normalized spacial score (nSPS) is 19.0. The highest BCUT2D eigenvalue weighted by Gasteiger charge is 2.43. The molecule has 1 aromatic rings. The van der Waals surface area contributed by atoms with E-state index in [1.807, 2.05) is 19.1 Å². The van der Waals surface area contributed by atoms with Crippen molar-refractivity contribution in [3.63, 3.8) is 0 Å². The summed E-state index contributed by atoms with van der Waals surface area (Å²) in [6.45, 7) is 3.43. The first-order chi connectivity index (χ1) is 9.58. The van der Waals surface area contributed by atoms with E-state index >= 15 is 0 Å². The standard InChI is InChI=1S/C15H22F2N2O/c1-2-12-3-5-13(6-4-12)14(15(16,17)11-20)19-9-7-18-8-10-19/h3-6,14,18,20H,2,7-11H2,1H3/t14-/m1/s1. The van der Waals surface area contributed by atoms with E-state index in [1.54, 1.807) is 17.0 Å². The summed E-state index contributed by atoms with van der Waals surface area (Å²) in [5.74, 6) is -3.13. The molecule has 0 aliphatic carbocycles. The maximum Gasteiger partial charge on any atom is 0.289 e. The van der Waals surface area contributed by atoms with Crippen LogP contribution in [0, 0.1) is 0 Å². The Morgan fingerprint density at radius 2 is 1.85 bits per heavy atom. The van der Waals surface area contributed by atoms with Gasteiger partial charge in [-0.3, -0.25) is 4.90 Å². The van der Waals surface area contributed by atoms with E-state index in [1.165, 1.54) is 0 Å². The van der Waals surface area contributed by atoms with Gasteiger partial charge >= 0.3 is 0 Å². The predicted octanol–water partition coefficient (Wildman–Crippen LogP) is 1.82. The maximum atomic E-state index is 14.2. The summed E-state index contributed by atoms with van der Waals surface area (Å²) >= 11 is 0. The molecule has 0 radical (unpaired) electrons. The molecule has 2 N–H and O–H groups in total. The van der Waals surface area contributed by atoms with Crippen molar-refractivity contribution < 1.29 is 13.9 Å². The Kier molecular flexibility index (Phi) is 5.07. The third-order valence-electron chi connectivity index (χ3n) is 3.83. The van der Waals surface area contributed by atoms with Crippen LogP contribution in [0.1, 0.15) is 24.1 Å². The third kappa shape index (κ3) is 3.34. The van der Waals surface area contributed by atoms with Gasteiger partial charge in [-0.15, -0.1) is 0 Å². The van der Waals surface area contributed by atoms with Gasteiger partial charge in [0, 0.05) is 26.2 Å². The summed E-state index contributed by atoms with van der Waals surface area (Å²) in [5, 5.41) is 12.2. The van der Waals surface area contributed by atoms with Crippen molar-refractivity contribution in [3.05, 3.63) is 35.4 Å². The highest BCUT2D eigenvalue weighted by atomic mass is 19.3. The Hall–Kier alpha value is -1.04. The molecule has 2 rings (SSSR count). The molecule has 1 atom stereocenters. The van der Waals surface area contributed by atoms with Crippen LogP contribution in [-0.2, 0) is 6.42 Å². The van der Waals surface area contributed by atoms with E-state index in [0.29, 0.717) is 31.7 Å². The van der Waals surface area contributed by atoms with Crippen LogP contribution >= 0.6 is 0 Å². The number of hydrogen-bond donors (Lipinski definition) is 2. The first-order valence-corrected chi connectivity index (χ1v) is 7.10. The minimum atomic E-state index is -3.13. The zero-order chi connectivity index (χ0) is 14.6. The predicted molar refractivity (Wildman–Crippen MR) is 75.0 cm³/mol. The Morgan fingerprint density at radius 3 is 2.35 bits per heavy atom. The van der Waals surface area contributed by atoms with Crippen LogP contribution in [0.15, 0.2) is 24.3 Å². The monoisotopic (exact) mass is 284 g/mol. The molecule has 0 amide bonds. The lowest BCUT2D eigenvalue weighted by Gasteiger charge is -2.38. The molecule has 1 saturated heterocycles. The average Bonchev–Trinajstić information content (AvgIpc) is 2.49. The van der Waals surface area contributed by atoms with Crippen molar-refractivity contribution in [2.45, 2.75) is 25.3 Å². The summed E-state index contributed by atoms with van der Waals surface area (Å²) in [7, 11) is 0. The van der Waals surface area contributed by atoms with Crippen LogP contribution < -0.4 is 5.32 Å². The Labute approximate surface area is 118 Å².